The molecule has 6 aromatic rings. The van der Waals surface area contributed by atoms with Crippen LogP contribution in [-0.2, 0) is 5.41 Å². The van der Waals surface area contributed by atoms with Crippen molar-refractivity contribution in [3.8, 4) is 33.4 Å². The van der Waals surface area contributed by atoms with E-state index in [9.17, 15) is 0 Å². The first-order chi connectivity index (χ1) is 24.5. The maximum atomic E-state index is 6.00. The maximum Gasteiger partial charge on any atom is 0.0384 e. The number of rotatable bonds is 8. The van der Waals surface area contributed by atoms with Gasteiger partial charge in [-0.25, -0.2) is 0 Å². The maximum absolute atomic E-state index is 6.00. The lowest BCUT2D eigenvalue weighted by atomic mass is 9.44. The molecule has 0 heterocycles. The van der Waals surface area contributed by atoms with Gasteiger partial charge < -0.3 is 11.1 Å². The van der Waals surface area contributed by atoms with Crippen LogP contribution in [0, 0.1) is 17.3 Å². The SMILES string of the molecule is CCC1C(c2cccc(-c3ccc(N)cc3)c2)C2CC3(c4ccc(-c5ccc(Nc6ccc(-c7ccccc7)cc6)cc5)cc4)CCCC12C3. The third-order valence-electron chi connectivity index (χ3n) is 12.9. The highest BCUT2D eigenvalue weighted by Crippen LogP contribution is 2.77. The van der Waals surface area contributed by atoms with Crippen LogP contribution in [0.3, 0.4) is 0 Å². The predicted octanol–water partition coefficient (Wildman–Crippen LogP) is 12.7. The van der Waals surface area contributed by atoms with E-state index in [-0.39, 0.29) is 0 Å². The third-order valence-corrected chi connectivity index (χ3v) is 12.9. The van der Waals surface area contributed by atoms with Crippen molar-refractivity contribution in [3.63, 3.8) is 0 Å². The molecule has 3 aliphatic carbocycles. The van der Waals surface area contributed by atoms with Crippen LogP contribution >= 0.6 is 0 Å². The molecule has 5 unspecified atom stereocenters. The fraction of sp³-hybridized carbons (Fsp3) is 0.250. The molecule has 2 nitrogen and oxygen atoms in total. The van der Waals surface area contributed by atoms with Crippen LogP contribution in [0.2, 0.25) is 0 Å². The second-order valence-corrected chi connectivity index (χ2v) is 15.4. The predicted molar refractivity (Wildman–Crippen MR) is 211 cm³/mol. The smallest absolute Gasteiger partial charge is 0.0384 e. The number of nitrogen functional groups attached to an aromatic ring is 1. The van der Waals surface area contributed by atoms with Crippen LogP contribution in [0.5, 0.6) is 0 Å². The van der Waals surface area contributed by atoms with Crippen LogP contribution in [0.15, 0.2) is 152 Å². The molecule has 2 bridgehead atoms. The Labute approximate surface area is 297 Å². The molecule has 5 atom stereocenters. The average molecular weight is 651 g/mol. The van der Waals surface area contributed by atoms with Crippen LogP contribution < -0.4 is 11.1 Å². The van der Waals surface area contributed by atoms with E-state index >= 15 is 0 Å². The number of anilines is 3. The molecule has 3 N–H and O–H groups in total. The van der Waals surface area contributed by atoms with Crippen molar-refractivity contribution in [1.29, 1.82) is 0 Å². The number of nitrogens with two attached hydrogens (primary N) is 1. The molecule has 0 aromatic heterocycles. The van der Waals surface area contributed by atoms with Crippen molar-refractivity contribution in [2.24, 2.45) is 17.3 Å². The Morgan fingerprint density at radius 2 is 1.16 bits per heavy atom. The van der Waals surface area contributed by atoms with E-state index in [1.54, 1.807) is 11.1 Å². The molecule has 1 spiro atoms. The molecule has 50 heavy (non-hydrogen) atoms. The quantitative estimate of drug-likeness (QED) is 0.161. The summed E-state index contributed by atoms with van der Waals surface area (Å²) in [5.41, 5.74) is 20.5. The van der Waals surface area contributed by atoms with Crippen LogP contribution in [-0.4, -0.2) is 0 Å². The van der Waals surface area contributed by atoms with E-state index in [0.29, 0.717) is 16.7 Å². The van der Waals surface area contributed by atoms with E-state index in [1.165, 1.54) is 71.9 Å². The summed E-state index contributed by atoms with van der Waals surface area (Å²) in [6, 6.07) is 55.6. The molecule has 248 valence electrons. The minimum Gasteiger partial charge on any atom is -0.399 e. The zero-order valence-electron chi connectivity index (χ0n) is 29.0. The molecular formula is C48H46N2. The zero-order valence-corrected chi connectivity index (χ0v) is 29.0. The molecule has 0 amide bonds. The number of nitrogens with one attached hydrogen (secondary N) is 1. The van der Waals surface area contributed by atoms with E-state index in [4.69, 9.17) is 5.73 Å². The highest BCUT2D eigenvalue weighted by atomic mass is 14.9. The third kappa shape index (κ3) is 5.24. The van der Waals surface area contributed by atoms with Gasteiger partial charge in [0.15, 0.2) is 0 Å². The Kier molecular flexibility index (Phi) is 7.65. The second-order valence-electron chi connectivity index (χ2n) is 15.4. The largest absolute Gasteiger partial charge is 0.399 e. The summed E-state index contributed by atoms with van der Waals surface area (Å²) in [5, 5.41) is 3.58. The Morgan fingerprint density at radius 1 is 0.600 bits per heavy atom. The fourth-order valence-electron chi connectivity index (χ4n) is 10.7. The minimum atomic E-state index is 0.308. The van der Waals surface area contributed by atoms with Crippen molar-refractivity contribution < 1.29 is 0 Å². The van der Waals surface area contributed by atoms with Gasteiger partial charge in [-0.2, -0.15) is 0 Å². The van der Waals surface area contributed by atoms with Crippen LogP contribution in [0.25, 0.3) is 33.4 Å². The topological polar surface area (TPSA) is 38.0 Å². The van der Waals surface area contributed by atoms with Crippen molar-refractivity contribution in [2.45, 2.75) is 56.8 Å². The van der Waals surface area contributed by atoms with Crippen molar-refractivity contribution in [1.82, 2.24) is 0 Å². The van der Waals surface area contributed by atoms with Crippen LogP contribution in [0.4, 0.5) is 17.1 Å². The Hall–Kier alpha value is -5.08. The lowest BCUT2D eigenvalue weighted by Crippen LogP contribution is -2.52. The molecule has 0 radical (unpaired) electrons. The van der Waals surface area contributed by atoms with Gasteiger partial charge in [-0.3, -0.25) is 0 Å². The van der Waals surface area contributed by atoms with Gasteiger partial charge >= 0.3 is 0 Å². The number of hydrogen-bond donors (Lipinski definition) is 2. The van der Waals surface area contributed by atoms with Gasteiger partial charge in [-0.1, -0.05) is 135 Å². The van der Waals surface area contributed by atoms with E-state index in [2.05, 4.69) is 152 Å². The van der Waals surface area contributed by atoms with Gasteiger partial charge in [-0.15, -0.1) is 0 Å². The first-order valence-electron chi connectivity index (χ1n) is 18.6. The summed E-state index contributed by atoms with van der Waals surface area (Å²) < 4.78 is 0. The van der Waals surface area contributed by atoms with E-state index < -0.39 is 0 Å². The molecule has 9 rings (SSSR count). The number of hydrogen-bond acceptors (Lipinski definition) is 2. The molecule has 3 saturated carbocycles. The minimum absolute atomic E-state index is 0.308. The standard InChI is InChI=1S/C48H46N2/c1-2-44-46(39-11-6-10-38(30-39)37-14-22-41(49)23-15-37)45-31-47(28-7-29-48(44,45)32-47)40-20-12-34(13-21-40)36-18-26-43(27-19-36)50-42-24-16-35(17-25-42)33-8-4-3-5-9-33/h3-6,8-27,30,44-46,50H,2,7,28-29,31-32,49H2,1H3. The molecule has 0 saturated heterocycles. The highest BCUT2D eigenvalue weighted by Gasteiger charge is 2.69. The Balaban J connectivity index is 0.915. The normalized spacial score (nSPS) is 25.0. The molecule has 0 aliphatic heterocycles. The van der Waals surface area contributed by atoms with Crippen molar-refractivity contribution in [3.05, 3.63) is 163 Å². The molecule has 6 aromatic carbocycles. The number of benzene rings is 6. The molecule has 3 fully saturated rings. The Morgan fingerprint density at radius 3 is 1.80 bits per heavy atom. The van der Waals surface area contributed by atoms with Gasteiger partial charge in [0.2, 0.25) is 0 Å². The van der Waals surface area contributed by atoms with Gasteiger partial charge in [0.1, 0.15) is 0 Å². The van der Waals surface area contributed by atoms with E-state index in [1.807, 2.05) is 12.1 Å². The van der Waals surface area contributed by atoms with Crippen molar-refractivity contribution >= 4 is 17.1 Å². The summed E-state index contributed by atoms with van der Waals surface area (Å²) in [4.78, 5) is 0. The summed E-state index contributed by atoms with van der Waals surface area (Å²) >= 11 is 0. The Bertz CT molecular complexity index is 2100. The lowest BCUT2D eigenvalue weighted by molar-refractivity contribution is -0.0740. The van der Waals surface area contributed by atoms with Crippen LogP contribution in [0.1, 0.15) is 62.5 Å². The average Bonchev–Trinajstić information content (AvgIpc) is 3.36. The van der Waals surface area contributed by atoms with E-state index in [0.717, 1.165) is 28.9 Å². The zero-order chi connectivity index (χ0) is 33.7. The summed E-state index contributed by atoms with van der Waals surface area (Å²) in [7, 11) is 0. The first-order valence-corrected chi connectivity index (χ1v) is 18.6. The van der Waals surface area contributed by atoms with Gasteiger partial charge in [0.05, 0.1) is 0 Å². The van der Waals surface area contributed by atoms with Gasteiger partial charge in [0.25, 0.3) is 0 Å². The van der Waals surface area contributed by atoms with Gasteiger partial charge in [0, 0.05) is 17.1 Å². The summed E-state index contributed by atoms with van der Waals surface area (Å²) in [6.45, 7) is 2.44. The lowest BCUT2D eigenvalue weighted by Gasteiger charge is -2.60. The molecular weight excluding hydrogens is 605 g/mol. The van der Waals surface area contributed by atoms with Gasteiger partial charge in [-0.05, 0) is 135 Å². The van der Waals surface area contributed by atoms with Crippen molar-refractivity contribution in [2.75, 3.05) is 11.1 Å². The summed E-state index contributed by atoms with van der Waals surface area (Å²) in [6.07, 6.45) is 8.05. The highest BCUT2D eigenvalue weighted by molar-refractivity contribution is 5.71. The molecule has 2 heteroatoms. The first kappa shape index (κ1) is 30.9. The second kappa shape index (κ2) is 12.4. The summed E-state index contributed by atoms with van der Waals surface area (Å²) in [5.74, 6) is 2.19. The fourth-order valence-corrected chi connectivity index (χ4v) is 10.7. The monoisotopic (exact) mass is 650 g/mol. The molecule has 3 aliphatic rings. The number of fused-ring (bicyclic) bond motifs is 1.